The number of amides is 1. The van der Waals surface area contributed by atoms with E-state index in [0.29, 0.717) is 39.1 Å². The van der Waals surface area contributed by atoms with Crippen LogP contribution in [0.3, 0.4) is 0 Å². The van der Waals surface area contributed by atoms with Crippen molar-refractivity contribution in [2.45, 2.75) is 25.8 Å². The second-order valence-corrected chi connectivity index (χ2v) is 4.63. The third-order valence-electron chi connectivity index (χ3n) is 3.23. The van der Waals surface area contributed by atoms with E-state index < -0.39 is 0 Å². The second-order valence-electron chi connectivity index (χ2n) is 4.63. The fourth-order valence-corrected chi connectivity index (χ4v) is 2.04. The van der Waals surface area contributed by atoms with E-state index in [1.165, 1.54) is 0 Å². The Kier molecular flexibility index (Phi) is 4.86. The van der Waals surface area contributed by atoms with Gasteiger partial charge in [-0.15, -0.1) is 5.10 Å². The van der Waals surface area contributed by atoms with Gasteiger partial charge in [0.15, 0.2) is 0 Å². The quantitative estimate of drug-likeness (QED) is 0.787. The van der Waals surface area contributed by atoms with E-state index in [4.69, 9.17) is 9.84 Å². The van der Waals surface area contributed by atoms with Gasteiger partial charge in [0.2, 0.25) is 5.91 Å². The number of aliphatic hydroxyl groups is 1. The molecular formula is C12H20N4O3. The highest BCUT2D eigenvalue weighted by atomic mass is 16.5. The Morgan fingerprint density at radius 3 is 2.95 bits per heavy atom. The Morgan fingerprint density at radius 2 is 2.26 bits per heavy atom. The maximum atomic E-state index is 12.3. The van der Waals surface area contributed by atoms with Crippen LogP contribution in [0.1, 0.15) is 25.1 Å². The lowest BCUT2D eigenvalue weighted by Gasteiger charge is -2.29. The molecule has 0 aromatic carbocycles. The van der Waals surface area contributed by atoms with Gasteiger partial charge >= 0.3 is 0 Å². The lowest BCUT2D eigenvalue weighted by atomic mass is 10.2. The highest BCUT2D eigenvalue weighted by Crippen LogP contribution is 2.11. The van der Waals surface area contributed by atoms with Crippen LogP contribution >= 0.6 is 0 Å². The van der Waals surface area contributed by atoms with Gasteiger partial charge in [-0.3, -0.25) is 4.79 Å². The number of aromatic nitrogens is 3. The molecule has 1 unspecified atom stereocenters. The molecule has 1 N–H and O–H groups in total. The van der Waals surface area contributed by atoms with Crippen molar-refractivity contribution < 1.29 is 14.6 Å². The molecule has 1 aromatic heterocycles. The van der Waals surface area contributed by atoms with E-state index in [9.17, 15) is 4.79 Å². The first-order valence-corrected chi connectivity index (χ1v) is 6.60. The van der Waals surface area contributed by atoms with Crippen molar-refractivity contribution in [1.29, 1.82) is 0 Å². The van der Waals surface area contributed by atoms with Gasteiger partial charge in [0.25, 0.3) is 0 Å². The SMILES string of the molecule is CC(C(=O)N1CCOCC1)n1cc(CCCO)nn1. The van der Waals surface area contributed by atoms with Crippen molar-refractivity contribution in [3.8, 4) is 0 Å². The molecule has 0 saturated carbocycles. The molecule has 0 aliphatic carbocycles. The standard InChI is InChI=1S/C12H20N4O3/c1-10(12(18)15-4-7-19-8-5-15)16-9-11(13-14-16)3-2-6-17/h9-10,17H,2-8H2,1H3. The van der Waals surface area contributed by atoms with E-state index in [0.717, 1.165) is 5.69 Å². The number of hydrogen-bond acceptors (Lipinski definition) is 5. The number of rotatable bonds is 5. The first kappa shape index (κ1) is 14.0. The average Bonchev–Trinajstić information content (AvgIpc) is 2.93. The van der Waals surface area contributed by atoms with Crippen LogP contribution in [0, 0.1) is 0 Å². The summed E-state index contributed by atoms with van der Waals surface area (Å²) in [7, 11) is 0. The molecule has 7 heteroatoms. The monoisotopic (exact) mass is 268 g/mol. The molecule has 1 fully saturated rings. The molecule has 1 saturated heterocycles. The van der Waals surface area contributed by atoms with Crippen LogP contribution in [0.15, 0.2) is 6.20 Å². The lowest BCUT2D eigenvalue weighted by molar-refractivity contribution is -0.138. The predicted molar refractivity (Wildman–Crippen MR) is 67.5 cm³/mol. The molecule has 1 aromatic rings. The molecule has 2 heterocycles. The largest absolute Gasteiger partial charge is 0.396 e. The number of aryl methyl sites for hydroxylation is 1. The molecule has 2 rings (SSSR count). The van der Waals surface area contributed by atoms with Crippen LogP contribution in [-0.2, 0) is 16.0 Å². The molecule has 1 atom stereocenters. The summed E-state index contributed by atoms with van der Waals surface area (Å²) in [6.07, 6.45) is 3.11. The summed E-state index contributed by atoms with van der Waals surface area (Å²) < 4.78 is 6.82. The van der Waals surface area contributed by atoms with Crippen LogP contribution in [0.25, 0.3) is 0 Å². The van der Waals surface area contributed by atoms with Gasteiger partial charge in [0.05, 0.1) is 18.9 Å². The number of nitrogens with zero attached hydrogens (tertiary/aromatic N) is 4. The number of hydrogen-bond donors (Lipinski definition) is 1. The third-order valence-corrected chi connectivity index (χ3v) is 3.23. The van der Waals surface area contributed by atoms with Crippen molar-refractivity contribution in [2.75, 3.05) is 32.9 Å². The number of morpholine rings is 1. The van der Waals surface area contributed by atoms with Gasteiger partial charge in [-0.25, -0.2) is 4.68 Å². The molecule has 0 spiro atoms. The molecule has 7 nitrogen and oxygen atoms in total. The van der Waals surface area contributed by atoms with E-state index in [2.05, 4.69) is 10.3 Å². The van der Waals surface area contributed by atoms with Gasteiger partial charge in [0.1, 0.15) is 6.04 Å². The predicted octanol–water partition coefficient (Wildman–Crippen LogP) is -0.377. The maximum Gasteiger partial charge on any atom is 0.247 e. The minimum atomic E-state index is -0.353. The zero-order valence-corrected chi connectivity index (χ0v) is 11.2. The van der Waals surface area contributed by atoms with Crippen LogP contribution < -0.4 is 0 Å². The van der Waals surface area contributed by atoms with Crippen molar-refractivity contribution in [2.24, 2.45) is 0 Å². The Balaban J connectivity index is 1.95. The highest BCUT2D eigenvalue weighted by Gasteiger charge is 2.24. The minimum Gasteiger partial charge on any atom is -0.396 e. The molecule has 1 aliphatic rings. The topological polar surface area (TPSA) is 80.5 Å². The van der Waals surface area contributed by atoms with Crippen LogP contribution in [0.5, 0.6) is 0 Å². The summed E-state index contributed by atoms with van der Waals surface area (Å²) in [5.41, 5.74) is 0.802. The molecule has 0 bridgehead atoms. The van der Waals surface area contributed by atoms with Gasteiger partial charge in [-0.2, -0.15) is 0 Å². The molecule has 0 radical (unpaired) electrons. The number of aliphatic hydroxyl groups excluding tert-OH is 1. The van der Waals surface area contributed by atoms with Crippen molar-refractivity contribution in [3.63, 3.8) is 0 Å². The summed E-state index contributed by atoms with van der Waals surface area (Å²) in [5, 5.41) is 16.8. The smallest absolute Gasteiger partial charge is 0.247 e. The van der Waals surface area contributed by atoms with E-state index in [-0.39, 0.29) is 18.6 Å². The van der Waals surface area contributed by atoms with Gasteiger partial charge in [0, 0.05) is 25.9 Å². The summed E-state index contributed by atoms with van der Waals surface area (Å²) in [6, 6.07) is -0.353. The summed E-state index contributed by atoms with van der Waals surface area (Å²) in [4.78, 5) is 14.1. The van der Waals surface area contributed by atoms with Crippen molar-refractivity contribution in [3.05, 3.63) is 11.9 Å². The van der Waals surface area contributed by atoms with Gasteiger partial charge in [-0.1, -0.05) is 5.21 Å². The first-order chi connectivity index (χ1) is 9.22. The van der Waals surface area contributed by atoms with Gasteiger partial charge in [-0.05, 0) is 19.8 Å². The minimum absolute atomic E-state index is 0.0434. The normalized spacial score (nSPS) is 17.5. The van der Waals surface area contributed by atoms with E-state index in [1.807, 2.05) is 6.92 Å². The molecule has 1 aliphatic heterocycles. The van der Waals surface area contributed by atoms with E-state index >= 15 is 0 Å². The number of carbonyl (C=O) groups is 1. The summed E-state index contributed by atoms with van der Waals surface area (Å²) in [6.45, 7) is 4.41. The third kappa shape index (κ3) is 3.51. The van der Waals surface area contributed by atoms with Crippen LogP contribution in [0.2, 0.25) is 0 Å². The Bertz CT molecular complexity index is 415. The van der Waals surface area contributed by atoms with Crippen LogP contribution in [-0.4, -0.2) is 63.8 Å². The molecule has 106 valence electrons. The fourth-order valence-electron chi connectivity index (χ4n) is 2.04. The summed E-state index contributed by atoms with van der Waals surface area (Å²) in [5.74, 6) is 0.0434. The van der Waals surface area contributed by atoms with Crippen molar-refractivity contribution >= 4 is 5.91 Å². The second kappa shape index (κ2) is 6.63. The summed E-state index contributed by atoms with van der Waals surface area (Å²) >= 11 is 0. The zero-order valence-electron chi connectivity index (χ0n) is 11.2. The molecule has 19 heavy (non-hydrogen) atoms. The zero-order chi connectivity index (χ0) is 13.7. The Morgan fingerprint density at radius 1 is 1.53 bits per heavy atom. The number of carbonyl (C=O) groups excluding carboxylic acids is 1. The molecular weight excluding hydrogens is 248 g/mol. The highest BCUT2D eigenvalue weighted by molar-refractivity contribution is 5.80. The van der Waals surface area contributed by atoms with E-state index in [1.54, 1.807) is 15.8 Å². The fraction of sp³-hybridized carbons (Fsp3) is 0.750. The lowest BCUT2D eigenvalue weighted by Crippen LogP contribution is -2.43. The van der Waals surface area contributed by atoms with Gasteiger partial charge < -0.3 is 14.7 Å². The van der Waals surface area contributed by atoms with Crippen molar-refractivity contribution in [1.82, 2.24) is 19.9 Å². The number of ether oxygens (including phenoxy) is 1. The molecule has 1 amide bonds. The van der Waals surface area contributed by atoms with Crippen LogP contribution in [0.4, 0.5) is 0 Å². The first-order valence-electron chi connectivity index (χ1n) is 6.60. The average molecular weight is 268 g/mol. The Labute approximate surface area is 112 Å². The maximum absolute atomic E-state index is 12.3. The Hall–Kier alpha value is -1.47.